The minimum Gasteiger partial charge on any atom is -0.323 e. The van der Waals surface area contributed by atoms with Gasteiger partial charge in [0.2, 0.25) is 15.7 Å². The fraction of sp³-hybridized carbons (Fsp3) is 0.500. The van der Waals surface area contributed by atoms with Gasteiger partial charge in [0, 0.05) is 0 Å². The molecule has 1 heterocycles. The van der Waals surface area contributed by atoms with E-state index in [9.17, 15) is 31.6 Å². The summed E-state index contributed by atoms with van der Waals surface area (Å²) in [6, 6.07) is 4.02. The van der Waals surface area contributed by atoms with Gasteiger partial charge in [-0.25, -0.2) is 13.2 Å². The molecule has 0 bridgehead atoms. The molecule has 2 fully saturated rings. The van der Waals surface area contributed by atoms with Gasteiger partial charge in [-0.2, -0.15) is 8.78 Å². The molecule has 4 amide bonds. The summed E-state index contributed by atoms with van der Waals surface area (Å²) in [6.45, 7) is 1.22. The van der Waals surface area contributed by atoms with Crippen LogP contribution in [0.4, 0.5) is 19.3 Å². The number of hydrogen-bond donors (Lipinski definition) is 2. The molecular weight excluding hydrogens is 408 g/mol. The van der Waals surface area contributed by atoms with Crippen LogP contribution in [-0.4, -0.2) is 49.0 Å². The molecule has 11 heteroatoms. The summed E-state index contributed by atoms with van der Waals surface area (Å²) in [5, 5.41) is 4.92. The van der Waals surface area contributed by atoms with Crippen molar-refractivity contribution in [2.75, 3.05) is 11.9 Å². The summed E-state index contributed by atoms with van der Waals surface area (Å²) in [6.07, 6.45) is 2.97. The number of nitrogens with one attached hydrogen (secondary N) is 2. The van der Waals surface area contributed by atoms with Crippen molar-refractivity contribution in [3.63, 3.8) is 0 Å². The molecule has 8 nitrogen and oxygen atoms in total. The predicted molar refractivity (Wildman–Crippen MR) is 98.9 cm³/mol. The number of alkyl halides is 2. The molecule has 1 aromatic rings. The second-order valence-corrected chi connectivity index (χ2v) is 9.18. The number of anilines is 1. The van der Waals surface area contributed by atoms with Gasteiger partial charge < -0.3 is 10.6 Å². The zero-order chi connectivity index (χ0) is 21.4. The van der Waals surface area contributed by atoms with Crippen LogP contribution in [0.5, 0.6) is 0 Å². The van der Waals surface area contributed by atoms with E-state index >= 15 is 0 Å². The van der Waals surface area contributed by atoms with Crippen LogP contribution in [-0.2, 0) is 19.4 Å². The average molecular weight is 429 g/mol. The van der Waals surface area contributed by atoms with Crippen molar-refractivity contribution >= 4 is 33.4 Å². The van der Waals surface area contributed by atoms with Crippen molar-refractivity contribution in [2.45, 2.75) is 48.8 Å². The van der Waals surface area contributed by atoms with Crippen molar-refractivity contribution < 1.29 is 31.6 Å². The number of imide groups is 1. The van der Waals surface area contributed by atoms with Crippen LogP contribution < -0.4 is 10.6 Å². The maximum Gasteiger partial charge on any atom is 0.341 e. The Bertz CT molecular complexity index is 953. The van der Waals surface area contributed by atoms with Crippen molar-refractivity contribution in [2.24, 2.45) is 5.92 Å². The monoisotopic (exact) mass is 429 g/mol. The Hall–Kier alpha value is -2.56. The second kappa shape index (κ2) is 7.69. The van der Waals surface area contributed by atoms with Crippen LogP contribution in [0.2, 0.25) is 0 Å². The van der Waals surface area contributed by atoms with Gasteiger partial charge in [-0.05, 0) is 30.9 Å². The van der Waals surface area contributed by atoms with Crippen molar-refractivity contribution in [3.8, 4) is 0 Å². The third kappa shape index (κ3) is 3.70. The third-order valence-corrected chi connectivity index (χ3v) is 6.94. The lowest BCUT2D eigenvalue weighted by atomic mass is 9.73. The Morgan fingerprint density at radius 3 is 2.66 bits per heavy atom. The lowest BCUT2D eigenvalue weighted by molar-refractivity contribution is -0.136. The van der Waals surface area contributed by atoms with Crippen LogP contribution in [0, 0.1) is 5.92 Å². The highest BCUT2D eigenvalue weighted by Crippen LogP contribution is 2.38. The number of carbonyl (C=O) groups excluding carboxylic acids is 3. The first-order chi connectivity index (χ1) is 13.6. The predicted octanol–water partition coefficient (Wildman–Crippen LogP) is 2.12. The Kier molecular flexibility index (Phi) is 5.61. The molecule has 1 aliphatic heterocycles. The van der Waals surface area contributed by atoms with Gasteiger partial charge in [0.15, 0.2) is 0 Å². The maximum absolute atomic E-state index is 12.9. The van der Waals surface area contributed by atoms with Gasteiger partial charge in [0.1, 0.15) is 12.1 Å². The number of benzene rings is 1. The maximum atomic E-state index is 12.9. The summed E-state index contributed by atoms with van der Waals surface area (Å²) in [4.78, 5) is 37.6. The molecule has 1 aromatic carbocycles. The van der Waals surface area contributed by atoms with E-state index in [4.69, 9.17) is 0 Å². The number of rotatable bonds is 5. The van der Waals surface area contributed by atoms with E-state index in [1.165, 1.54) is 12.1 Å². The van der Waals surface area contributed by atoms with Gasteiger partial charge in [0.25, 0.3) is 5.91 Å². The Labute approximate surface area is 166 Å². The van der Waals surface area contributed by atoms with Crippen LogP contribution >= 0.6 is 0 Å². The summed E-state index contributed by atoms with van der Waals surface area (Å²) in [5.74, 6) is -5.11. The smallest absolute Gasteiger partial charge is 0.323 e. The molecule has 29 heavy (non-hydrogen) atoms. The van der Waals surface area contributed by atoms with Crippen LogP contribution in [0.15, 0.2) is 29.2 Å². The lowest BCUT2D eigenvalue weighted by Crippen LogP contribution is -2.54. The van der Waals surface area contributed by atoms with Crippen LogP contribution in [0.3, 0.4) is 0 Å². The zero-order valence-corrected chi connectivity index (χ0v) is 16.5. The van der Waals surface area contributed by atoms with Crippen molar-refractivity contribution in [3.05, 3.63) is 24.3 Å². The van der Waals surface area contributed by atoms with Gasteiger partial charge in [-0.1, -0.05) is 31.9 Å². The summed E-state index contributed by atoms with van der Waals surface area (Å²) < 4.78 is 49.3. The number of halogens is 2. The lowest BCUT2D eigenvalue weighted by Gasteiger charge is -2.36. The molecule has 158 valence electrons. The topological polar surface area (TPSA) is 113 Å². The first kappa shape index (κ1) is 21.2. The first-order valence-electron chi connectivity index (χ1n) is 9.14. The molecule has 1 spiro atoms. The Balaban J connectivity index is 1.77. The number of urea groups is 1. The van der Waals surface area contributed by atoms with E-state index in [0.29, 0.717) is 6.42 Å². The highest BCUT2D eigenvalue weighted by atomic mass is 32.2. The average Bonchev–Trinajstić information content (AvgIpc) is 2.89. The Morgan fingerprint density at radius 1 is 1.31 bits per heavy atom. The van der Waals surface area contributed by atoms with Crippen LogP contribution in [0.25, 0.3) is 0 Å². The number of para-hydroxylation sites is 1. The number of hydrogen-bond acceptors (Lipinski definition) is 5. The molecule has 2 atom stereocenters. The zero-order valence-electron chi connectivity index (χ0n) is 15.7. The molecule has 1 aliphatic carbocycles. The van der Waals surface area contributed by atoms with Gasteiger partial charge >= 0.3 is 11.8 Å². The van der Waals surface area contributed by atoms with E-state index in [0.717, 1.165) is 36.3 Å². The Morgan fingerprint density at radius 2 is 2.00 bits per heavy atom. The highest BCUT2D eigenvalue weighted by Gasteiger charge is 2.55. The summed E-state index contributed by atoms with van der Waals surface area (Å²) in [7, 11) is -4.94. The molecule has 3 rings (SSSR count). The second-order valence-electron chi connectivity index (χ2n) is 7.29. The van der Waals surface area contributed by atoms with Gasteiger partial charge in [-0.3, -0.25) is 14.5 Å². The van der Waals surface area contributed by atoms with E-state index in [1.807, 2.05) is 6.92 Å². The largest absolute Gasteiger partial charge is 0.341 e. The molecule has 1 saturated heterocycles. The van der Waals surface area contributed by atoms with Gasteiger partial charge in [-0.15, -0.1) is 0 Å². The van der Waals surface area contributed by atoms with E-state index in [-0.39, 0.29) is 11.6 Å². The number of amides is 4. The molecule has 2 N–H and O–H groups in total. The SMILES string of the molecule is CC1CCCCC12NC(=O)N(CC(=O)Nc1ccccc1S(=O)(=O)C(F)F)C2=O. The van der Waals surface area contributed by atoms with Crippen molar-refractivity contribution in [1.29, 1.82) is 0 Å². The normalized spacial score (nSPS) is 24.8. The molecule has 0 aromatic heterocycles. The fourth-order valence-corrected chi connectivity index (χ4v) is 4.77. The fourth-order valence-electron chi connectivity index (χ4n) is 3.89. The summed E-state index contributed by atoms with van der Waals surface area (Å²) in [5.41, 5.74) is -1.38. The number of sulfone groups is 1. The molecule has 2 aliphatic rings. The molecular formula is C18H21F2N3O5S. The van der Waals surface area contributed by atoms with Crippen molar-refractivity contribution in [1.82, 2.24) is 10.2 Å². The van der Waals surface area contributed by atoms with Gasteiger partial charge in [0.05, 0.1) is 10.6 Å². The third-order valence-electron chi connectivity index (χ3n) is 5.51. The van der Waals surface area contributed by atoms with E-state index < -0.39 is 50.4 Å². The quantitative estimate of drug-likeness (QED) is 0.697. The molecule has 0 radical (unpaired) electrons. The molecule has 2 unspecified atom stereocenters. The van der Waals surface area contributed by atoms with E-state index in [2.05, 4.69) is 10.6 Å². The van der Waals surface area contributed by atoms with Crippen LogP contribution in [0.1, 0.15) is 32.6 Å². The number of nitrogens with zero attached hydrogens (tertiary/aromatic N) is 1. The highest BCUT2D eigenvalue weighted by molar-refractivity contribution is 7.91. The molecule has 1 saturated carbocycles. The summed E-state index contributed by atoms with van der Waals surface area (Å²) >= 11 is 0. The minimum absolute atomic E-state index is 0.0855. The standard InChI is InChI=1S/C18H21F2N3O5S/c1-11-6-4-5-9-18(11)15(25)23(17(26)22-18)10-14(24)21-12-7-2-3-8-13(12)29(27,28)16(19)20/h2-3,7-8,11,16H,4-6,9-10H2,1H3,(H,21,24)(H,22,26). The van der Waals surface area contributed by atoms with E-state index in [1.54, 1.807) is 0 Å². The first-order valence-corrected chi connectivity index (χ1v) is 10.7. The number of carbonyl (C=O) groups is 3. The minimum atomic E-state index is -4.94.